The van der Waals surface area contributed by atoms with Gasteiger partial charge in [-0.2, -0.15) is 0 Å². The van der Waals surface area contributed by atoms with Crippen molar-refractivity contribution >= 4 is 29.2 Å². The van der Waals surface area contributed by atoms with Crippen LogP contribution in [0.3, 0.4) is 0 Å². The molecule has 96 valence electrons. The second kappa shape index (κ2) is 4.86. The maximum Gasteiger partial charge on any atom is 0.337 e. The normalized spacial score (nSPS) is 18.9. The number of carboxylic acid groups (broad SMARTS) is 1. The Morgan fingerprint density at radius 1 is 1.44 bits per heavy atom. The molecular formula is C12H13ClN2O3. The number of nitrogens with two attached hydrogens (primary N) is 1. The van der Waals surface area contributed by atoms with Crippen molar-refractivity contribution in [2.45, 2.75) is 18.9 Å². The number of carbonyl (C=O) groups excluding carboxylic acids is 1. The second-order valence-corrected chi connectivity index (χ2v) is 4.66. The van der Waals surface area contributed by atoms with Gasteiger partial charge in [0.05, 0.1) is 11.3 Å². The number of primary amides is 1. The highest BCUT2D eigenvalue weighted by molar-refractivity contribution is 6.31. The molecule has 1 aliphatic rings. The van der Waals surface area contributed by atoms with Crippen molar-refractivity contribution in [1.82, 2.24) is 0 Å². The number of carboxylic acids is 1. The molecule has 1 saturated heterocycles. The van der Waals surface area contributed by atoms with E-state index in [1.54, 1.807) is 17.0 Å². The van der Waals surface area contributed by atoms with Crippen LogP contribution < -0.4 is 10.6 Å². The average Bonchev–Trinajstić information content (AvgIpc) is 2.77. The van der Waals surface area contributed by atoms with E-state index < -0.39 is 17.9 Å². The van der Waals surface area contributed by atoms with Crippen molar-refractivity contribution in [3.8, 4) is 0 Å². The monoisotopic (exact) mass is 268 g/mol. The van der Waals surface area contributed by atoms with Crippen molar-refractivity contribution in [2.75, 3.05) is 11.4 Å². The van der Waals surface area contributed by atoms with Gasteiger partial charge in [-0.05, 0) is 31.0 Å². The van der Waals surface area contributed by atoms with Gasteiger partial charge in [-0.15, -0.1) is 0 Å². The minimum atomic E-state index is -1.07. The first-order valence-electron chi connectivity index (χ1n) is 5.59. The van der Waals surface area contributed by atoms with E-state index in [-0.39, 0.29) is 5.56 Å². The zero-order valence-electron chi connectivity index (χ0n) is 9.60. The maximum absolute atomic E-state index is 11.3. The Kier molecular flexibility index (Phi) is 3.43. The molecule has 1 heterocycles. The predicted octanol–water partition coefficient (Wildman–Crippen LogP) is 1.49. The summed E-state index contributed by atoms with van der Waals surface area (Å²) in [5, 5.41) is 9.53. The van der Waals surface area contributed by atoms with Crippen LogP contribution in [0.1, 0.15) is 23.2 Å². The number of carbonyl (C=O) groups is 2. The first-order chi connectivity index (χ1) is 8.50. The molecule has 0 saturated carbocycles. The van der Waals surface area contributed by atoms with E-state index in [4.69, 9.17) is 17.3 Å². The van der Waals surface area contributed by atoms with E-state index in [1.165, 1.54) is 6.07 Å². The highest BCUT2D eigenvalue weighted by atomic mass is 35.5. The minimum Gasteiger partial charge on any atom is -0.478 e. The van der Waals surface area contributed by atoms with Gasteiger partial charge in [0, 0.05) is 11.6 Å². The van der Waals surface area contributed by atoms with Gasteiger partial charge in [-0.25, -0.2) is 4.79 Å². The lowest BCUT2D eigenvalue weighted by atomic mass is 10.1. The number of amides is 1. The van der Waals surface area contributed by atoms with Crippen molar-refractivity contribution in [2.24, 2.45) is 5.73 Å². The van der Waals surface area contributed by atoms with Crippen LogP contribution in [0.25, 0.3) is 0 Å². The smallest absolute Gasteiger partial charge is 0.337 e. The number of halogens is 1. The molecule has 5 nitrogen and oxygen atoms in total. The van der Waals surface area contributed by atoms with Gasteiger partial charge in [0.15, 0.2) is 0 Å². The molecule has 6 heteroatoms. The van der Waals surface area contributed by atoms with Crippen LogP contribution >= 0.6 is 11.6 Å². The summed E-state index contributed by atoms with van der Waals surface area (Å²) in [6.45, 7) is 0.621. The molecule has 1 aliphatic heterocycles. The summed E-state index contributed by atoms with van der Waals surface area (Å²) >= 11 is 5.79. The summed E-state index contributed by atoms with van der Waals surface area (Å²) < 4.78 is 0. The molecule has 1 aromatic rings. The number of aromatic carboxylic acids is 1. The van der Waals surface area contributed by atoms with Crippen LogP contribution in [0.2, 0.25) is 5.02 Å². The third-order valence-electron chi connectivity index (χ3n) is 3.08. The minimum absolute atomic E-state index is 0.0932. The highest BCUT2D eigenvalue weighted by Crippen LogP contribution is 2.30. The third kappa shape index (κ3) is 2.26. The molecule has 3 N–H and O–H groups in total. The molecule has 0 spiro atoms. The number of rotatable bonds is 3. The summed E-state index contributed by atoms with van der Waals surface area (Å²) in [5.41, 5.74) is 5.91. The van der Waals surface area contributed by atoms with Crippen molar-refractivity contribution in [1.29, 1.82) is 0 Å². The second-order valence-electron chi connectivity index (χ2n) is 4.22. The summed E-state index contributed by atoms with van der Waals surface area (Å²) in [6, 6.07) is 4.17. The van der Waals surface area contributed by atoms with E-state index in [1.807, 2.05) is 0 Å². The molecule has 0 aliphatic carbocycles. The lowest BCUT2D eigenvalue weighted by molar-refractivity contribution is -0.119. The van der Waals surface area contributed by atoms with Crippen LogP contribution in [0.5, 0.6) is 0 Å². The highest BCUT2D eigenvalue weighted by Gasteiger charge is 2.31. The van der Waals surface area contributed by atoms with E-state index >= 15 is 0 Å². The zero-order chi connectivity index (χ0) is 13.3. The van der Waals surface area contributed by atoms with Gasteiger partial charge in [-0.1, -0.05) is 11.6 Å². The van der Waals surface area contributed by atoms with E-state index in [0.29, 0.717) is 23.7 Å². The molecule has 0 aromatic heterocycles. The molecule has 2 rings (SSSR count). The van der Waals surface area contributed by atoms with Gasteiger partial charge in [-0.3, -0.25) is 4.79 Å². The Bertz CT molecular complexity index is 504. The Labute approximate surface area is 109 Å². The quantitative estimate of drug-likeness (QED) is 0.870. The summed E-state index contributed by atoms with van der Waals surface area (Å²) in [4.78, 5) is 24.3. The van der Waals surface area contributed by atoms with Crippen molar-refractivity contribution in [3.05, 3.63) is 28.8 Å². The molecule has 1 atom stereocenters. The average molecular weight is 269 g/mol. The fraction of sp³-hybridized carbons (Fsp3) is 0.333. The van der Waals surface area contributed by atoms with Gasteiger partial charge in [0.2, 0.25) is 5.91 Å². The molecular weight excluding hydrogens is 256 g/mol. The lowest BCUT2D eigenvalue weighted by Gasteiger charge is -2.25. The fourth-order valence-electron chi connectivity index (χ4n) is 2.28. The van der Waals surface area contributed by atoms with Crippen molar-refractivity contribution < 1.29 is 14.7 Å². The number of hydrogen-bond acceptors (Lipinski definition) is 3. The van der Waals surface area contributed by atoms with Crippen LogP contribution in [-0.2, 0) is 4.79 Å². The number of nitrogens with zero attached hydrogens (tertiary/aromatic N) is 1. The standard InChI is InChI=1S/C12H13ClN2O3/c13-7-3-4-9(8(6-7)12(17)18)15-5-1-2-10(15)11(14)16/h3-4,6,10H,1-2,5H2,(H2,14,16)(H,17,18). The Hall–Kier alpha value is -1.75. The van der Waals surface area contributed by atoms with Gasteiger partial charge in [0.25, 0.3) is 0 Å². The summed E-state index contributed by atoms with van der Waals surface area (Å²) in [6.07, 6.45) is 1.46. The lowest BCUT2D eigenvalue weighted by Crippen LogP contribution is -2.41. The topological polar surface area (TPSA) is 83.6 Å². The molecule has 1 unspecified atom stereocenters. The zero-order valence-corrected chi connectivity index (χ0v) is 10.4. The molecule has 1 fully saturated rings. The van der Waals surface area contributed by atoms with Crippen LogP contribution in [0, 0.1) is 0 Å². The maximum atomic E-state index is 11.3. The molecule has 0 bridgehead atoms. The third-order valence-corrected chi connectivity index (χ3v) is 3.31. The van der Waals surface area contributed by atoms with Crippen LogP contribution in [-0.4, -0.2) is 29.6 Å². The van der Waals surface area contributed by atoms with E-state index in [2.05, 4.69) is 0 Å². The number of anilines is 1. The van der Waals surface area contributed by atoms with Crippen LogP contribution in [0.4, 0.5) is 5.69 Å². The van der Waals surface area contributed by atoms with E-state index in [0.717, 1.165) is 6.42 Å². The van der Waals surface area contributed by atoms with Gasteiger partial charge in [0.1, 0.15) is 6.04 Å². The summed E-state index contributed by atoms with van der Waals surface area (Å²) in [5.74, 6) is -1.50. The van der Waals surface area contributed by atoms with Crippen LogP contribution in [0.15, 0.2) is 18.2 Å². The molecule has 1 amide bonds. The Morgan fingerprint density at radius 2 is 2.17 bits per heavy atom. The predicted molar refractivity (Wildman–Crippen MR) is 68.0 cm³/mol. The molecule has 18 heavy (non-hydrogen) atoms. The first kappa shape index (κ1) is 12.7. The van der Waals surface area contributed by atoms with Gasteiger partial charge < -0.3 is 15.7 Å². The van der Waals surface area contributed by atoms with E-state index in [9.17, 15) is 14.7 Å². The first-order valence-corrected chi connectivity index (χ1v) is 5.97. The molecule has 1 aromatic carbocycles. The van der Waals surface area contributed by atoms with Crippen molar-refractivity contribution in [3.63, 3.8) is 0 Å². The van der Waals surface area contributed by atoms with Gasteiger partial charge >= 0.3 is 5.97 Å². The SMILES string of the molecule is NC(=O)C1CCCN1c1ccc(Cl)cc1C(=O)O. The summed E-state index contributed by atoms with van der Waals surface area (Å²) in [7, 11) is 0. The fourth-order valence-corrected chi connectivity index (χ4v) is 2.45. The largest absolute Gasteiger partial charge is 0.478 e. The number of benzene rings is 1. The Morgan fingerprint density at radius 3 is 2.78 bits per heavy atom. The Balaban J connectivity index is 2.44. The number of hydrogen-bond donors (Lipinski definition) is 2. The molecule has 0 radical (unpaired) electrons.